The van der Waals surface area contributed by atoms with Crippen LogP contribution in [0.4, 0.5) is 5.69 Å². The van der Waals surface area contributed by atoms with Gasteiger partial charge in [0.2, 0.25) is 10.0 Å². The average Bonchev–Trinajstić information content (AvgIpc) is 3.40. The molecule has 0 unspecified atom stereocenters. The molecule has 0 saturated carbocycles. The zero-order chi connectivity index (χ0) is 25.1. The number of aliphatic hydroxyl groups is 1. The Bertz CT molecular complexity index is 1260. The highest BCUT2D eigenvalue weighted by atomic mass is 32.2. The Kier molecular flexibility index (Phi) is 7.59. The second-order valence-corrected chi connectivity index (χ2v) is 11.3. The number of ether oxygens (including phenoxy) is 1. The molecular formula is C26H34N4O5S. The monoisotopic (exact) mass is 514 g/mol. The van der Waals surface area contributed by atoms with Crippen molar-refractivity contribution in [2.45, 2.75) is 43.4 Å². The van der Waals surface area contributed by atoms with E-state index in [0.29, 0.717) is 16.8 Å². The Morgan fingerprint density at radius 2 is 1.97 bits per heavy atom. The van der Waals surface area contributed by atoms with Crippen LogP contribution < -0.4 is 10.0 Å². The molecule has 0 atom stereocenters. The largest absolute Gasteiger partial charge is 0.395 e. The summed E-state index contributed by atoms with van der Waals surface area (Å²) in [6, 6.07) is 4.61. The van der Waals surface area contributed by atoms with Crippen molar-refractivity contribution in [1.29, 1.82) is 0 Å². The summed E-state index contributed by atoms with van der Waals surface area (Å²) in [6.07, 6.45) is 8.23. The summed E-state index contributed by atoms with van der Waals surface area (Å²) in [5, 5.41) is 11.9. The fraction of sp³-hybridized carbons (Fsp3) is 0.500. The van der Waals surface area contributed by atoms with E-state index in [1.807, 2.05) is 6.08 Å². The van der Waals surface area contributed by atoms with Crippen LogP contribution in [-0.2, 0) is 38.8 Å². The molecule has 2 aromatic rings. The molecule has 0 bridgehead atoms. The number of fused-ring (bicyclic) bond motifs is 2. The molecule has 0 radical (unpaired) electrons. The van der Waals surface area contributed by atoms with Crippen molar-refractivity contribution in [3.8, 4) is 0 Å². The lowest BCUT2D eigenvalue weighted by atomic mass is 9.92. The molecule has 1 aliphatic carbocycles. The number of nitrogens with zero attached hydrogens (tertiary/aromatic N) is 1. The Morgan fingerprint density at radius 1 is 1.17 bits per heavy atom. The molecule has 5 rings (SSSR count). The van der Waals surface area contributed by atoms with Crippen LogP contribution in [0.1, 0.15) is 47.3 Å². The summed E-state index contributed by atoms with van der Waals surface area (Å²) in [5.74, 6) is -0.241. The Hall–Kier alpha value is -2.50. The van der Waals surface area contributed by atoms with Crippen LogP contribution in [-0.4, -0.2) is 75.3 Å². The number of aromatic nitrogens is 1. The number of hydrogen-bond acceptors (Lipinski definition) is 6. The Labute approximate surface area is 212 Å². The van der Waals surface area contributed by atoms with Crippen molar-refractivity contribution < 1.29 is 23.1 Å². The van der Waals surface area contributed by atoms with Gasteiger partial charge in [0.15, 0.2) is 0 Å². The van der Waals surface area contributed by atoms with E-state index >= 15 is 0 Å². The quantitative estimate of drug-likeness (QED) is 0.379. The number of sulfonamides is 1. The first-order valence-electron chi connectivity index (χ1n) is 12.8. The number of H-pyrrole nitrogens is 1. The van der Waals surface area contributed by atoms with Gasteiger partial charge >= 0.3 is 0 Å². The minimum atomic E-state index is -3.79. The second kappa shape index (κ2) is 10.9. The maximum absolute atomic E-state index is 12.9. The second-order valence-electron chi connectivity index (χ2n) is 9.58. The lowest BCUT2D eigenvalue weighted by Crippen LogP contribution is -2.37. The van der Waals surface area contributed by atoms with Gasteiger partial charge in [0.05, 0.1) is 30.3 Å². The van der Waals surface area contributed by atoms with E-state index in [-0.39, 0.29) is 24.0 Å². The first-order chi connectivity index (χ1) is 17.5. The third-order valence-electron chi connectivity index (χ3n) is 7.22. The van der Waals surface area contributed by atoms with Crippen LogP contribution in [0, 0.1) is 0 Å². The third-order valence-corrected chi connectivity index (χ3v) is 8.68. The number of carbonyl (C=O) groups excluding carboxylic acids is 1. The molecular weight excluding hydrogens is 480 g/mol. The lowest BCUT2D eigenvalue weighted by Gasteiger charge is -2.26. The number of aromatic amines is 1. The van der Waals surface area contributed by atoms with Crippen molar-refractivity contribution in [3.63, 3.8) is 0 Å². The van der Waals surface area contributed by atoms with Gasteiger partial charge in [-0.3, -0.25) is 9.69 Å². The summed E-state index contributed by atoms with van der Waals surface area (Å²) in [7, 11) is -3.79. The highest BCUT2D eigenvalue weighted by Crippen LogP contribution is 2.37. The predicted molar refractivity (Wildman–Crippen MR) is 138 cm³/mol. The summed E-state index contributed by atoms with van der Waals surface area (Å²) in [6.45, 7) is 4.18. The number of aliphatic hydroxyl groups excluding tert-OH is 1. The van der Waals surface area contributed by atoms with Gasteiger partial charge < -0.3 is 20.1 Å². The Morgan fingerprint density at radius 3 is 2.78 bits per heavy atom. The molecule has 9 nitrogen and oxygen atoms in total. The van der Waals surface area contributed by atoms with Crippen LogP contribution in [0.3, 0.4) is 0 Å². The highest BCUT2D eigenvalue weighted by molar-refractivity contribution is 7.89. The van der Waals surface area contributed by atoms with E-state index in [2.05, 4.69) is 19.9 Å². The van der Waals surface area contributed by atoms with Gasteiger partial charge in [-0.05, 0) is 80.5 Å². The van der Waals surface area contributed by atoms with E-state index in [0.717, 1.165) is 70.6 Å². The standard InChI is InChI=1S/C26H34N4O5S/c31-13-9-27-36(33,34)18-7-8-24-21(16-18)22(26(32)29-24)17-25-20(19-4-1-2-6-23(19)28-25)5-3-10-30-11-14-35-15-12-30/h7-8,16-17,27-28,31H,1-6,9-15H2,(H,29,32). The van der Waals surface area contributed by atoms with Crippen molar-refractivity contribution in [2.75, 3.05) is 51.3 Å². The zero-order valence-electron chi connectivity index (χ0n) is 20.4. The van der Waals surface area contributed by atoms with Crippen molar-refractivity contribution in [1.82, 2.24) is 14.6 Å². The molecule has 3 heterocycles. The van der Waals surface area contributed by atoms with Crippen LogP contribution in [0.2, 0.25) is 0 Å². The molecule has 2 aliphatic heterocycles. The molecule has 1 fully saturated rings. The highest BCUT2D eigenvalue weighted by Gasteiger charge is 2.28. The number of morpholine rings is 1. The van der Waals surface area contributed by atoms with Gasteiger partial charge in [0.25, 0.3) is 5.91 Å². The number of rotatable bonds is 9. The van der Waals surface area contributed by atoms with E-state index in [9.17, 15) is 13.2 Å². The molecule has 4 N–H and O–H groups in total. The van der Waals surface area contributed by atoms with Crippen LogP contribution in [0.5, 0.6) is 0 Å². The topological polar surface area (TPSA) is 124 Å². The maximum atomic E-state index is 12.9. The molecule has 1 amide bonds. The maximum Gasteiger partial charge on any atom is 0.256 e. The number of anilines is 1. The van der Waals surface area contributed by atoms with Gasteiger partial charge in [-0.1, -0.05) is 0 Å². The van der Waals surface area contributed by atoms with Crippen LogP contribution in [0.25, 0.3) is 11.6 Å². The third kappa shape index (κ3) is 5.28. The molecule has 10 heteroatoms. The van der Waals surface area contributed by atoms with Crippen LogP contribution in [0.15, 0.2) is 23.1 Å². The number of aryl methyl sites for hydroxylation is 1. The van der Waals surface area contributed by atoms with Gasteiger partial charge in [-0.2, -0.15) is 0 Å². The minimum absolute atomic E-state index is 0.0635. The molecule has 1 aromatic carbocycles. The van der Waals surface area contributed by atoms with E-state index < -0.39 is 10.0 Å². The first-order valence-corrected chi connectivity index (χ1v) is 14.3. The Balaban J connectivity index is 1.45. The SMILES string of the molecule is O=C1Nc2ccc(S(=O)(=O)NCCO)cc2C1=Cc1[nH]c2c(c1CCCN1CCOCC1)CCCC2. The van der Waals surface area contributed by atoms with E-state index in [4.69, 9.17) is 9.84 Å². The number of nitrogens with one attached hydrogen (secondary N) is 3. The molecule has 0 spiro atoms. The average molecular weight is 515 g/mol. The minimum Gasteiger partial charge on any atom is -0.395 e. The number of amides is 1. The number of benzene rings is 1. The van der Waals surface area contributed by atoms with E-state index in [1.54, 1.807) is 6.07 Å². The lowest BCUT2D eigenvalue weighted by molar-refractivity contribution is -0.110. The summed E-state index contributed by atoms with van der Waals surface area (Å²) >= 11 is 0. The molecule has 36 heavy (non-hydrogen) atoms. The molecule has 1 saturated heterocycles. The summed E-state index contributed by atoms with van der Waals surface area (Å²) in [5.41, 5.74) is 6.50. The van der Waals surface area contributed by atoms with E-state index in [1.165, 1.54) is 35.4 Å². The molecule has 194 valence electrons. The van der Waals surface area contributed by atoms with Crippen molar-refractivity contribution >= 4 is 33.3 Å². The first kappa shape index (κ1) is 25.2. The molecule has 1 aromatic heterocycles. The summed E-state index contributed by atoms with van der Waals surface area (Å²) in [4.78, 5) is 19.0. The fourth-order valence-electron chi connectivity index (χ4n) is 5.38. The normalized spacial score (nSPS) is 19.4. The van der Waals surface area contributed by atoms with Gasteiger partial charge in [0.1, 0.15) is 0 Å². The summed E-state index contributed by atoms with van der Waals surface area (Å²) < 4.78 is 33.0. The molecule has 3 aliphatic rings. The van der Waals surface area contributed by atoms with Crippen molar-refractivity contribution in [2.24, 2.45) is 0 Å². The zero-order valence-corrected chi connectivity index (χ0v) is 21.3. The van der Waals surface area contributed by atoms with Gasteiger partial charge in [-0.15, -0.1) is 0 Å². The number of carbonyl (C=O) groups is 1. The smallest absolute Gasteiger partial charge is 0.256 e. The predicted octanol–water partition coefficient (Wildman–Crippen LogP) is 1.92. The van der Waals surface area contributed by atoms with Crippen molar-refractivity contribution in [3.05, 3.63) is 46.3 Å². The number of hydrogen-bond donors (Lipinski definition) is 4. The van der Waals surface area contributed by atoms with Gasteiger partial charge in [0, 0.05) is 42.3 Å². The van der Waals surface area contributed by atoms with Crippen LogP contribution >= 0.6 is 0 Å². The van der Waals surface area contributed by atoms with Gasteiger partial charge in [-0.25, -0.2) is 13.1 Å². The fourth-order valence-corrected chi connectivity index (χ4v) is 6.42.